The molecule has 2 aromatic carbocycles. The Labute approximate surface area is 148 Å². The number of hydrogen-bond acceptors (Lipinski definition) is 3. The molecular weight excluding hydrogens is 339 g/mol. The number of phenols is 1. The first-order valence-electron chi connectivity index (χ1n) is 8.22. The van der Waals surface area contributed by atoms with Gasteiger partial charge in [0.1, 0.15) is 17.2 Å². The average Bonchev–Trinajstić information content (AvgIpc) is 2.49. The molecule has 0 saturated heterocycles. The molecule has 0 aliphatic carbocycles. The van der Waals surface area contributed by atoms with E-state index >= 15 is 0 Å². The topological polar surface area (TPSA) is 87.0 Å². The lowest BCUT2D eigenvalue weighted by molar-refractivity contribution is 0.373. The Morgan fingerprint density at radius 1 is 1.08 bits per heavy atom. The number of benzene rings is 2. The summed E-state index contributed by atoms with van der Waals surface area (Å²) in [5.41, 5.74) is 3.50. The van der Waals surface area contributed by atoms with Crippen molar-refractivity contribution in [2.24, 2.45) is 0 Å². The Morgan fingerprint density at radius 3 is 2.20 bits per heavy atom. The first-order valence-corrected chi connectivity index (χ1v) is 10.0. The standard InChI is InChI=1S/C19H25O5P/c1-12(2)17-11-16(5-6-18(17)20)24-19-13(3)9-15(10-14(19)4)7-8-25(21,22)23/h5-6,9-12,20H,7-8H2,1-4H3,(H2,21,22,23). The molecule has 0 spiro atoms. The van der Waals surface area contributed by atoms with E-state index < -0.39 is 7.60 Å². The Balaban J connectivity index is 2.26. The number of phenolic OH excluding ortho intramolecular Hbond substituents is 1. The van der Waals surface area contributed by atoms with Crippen LogP contribution in [-0.2, 0) is 11.0 Å². The average molecular weight is 364 g/mol. The van der Waals surface area contributed by atoms with Crippen molar-refractivity contribution in [3.05, 3.63) is 52.6 Å². The molecule has 0 saturated carbocycles. The summed E-state index contributed by atoms with van der Waals surface area (Å²) in [6, 6.07) is 8.97. The molecule has 0 atom stereocenters. The molecule has 0 radical (unpaired) electrons. The van der Waals surface area contributed by atoms with Crippen LogP contribution in [0.1, 0.15) is 42.0 Å². The highest BCUT2D eigenvalue weighted by atomic mass is 31.2. The largest absolute Gasteiger partial charge is 0.508 e. The van der Waals surface area contributed by atoms with Crippen LogP contribution >= 0.6 is 7.60 Å². The first-order chi connectivity index (χ1) is 11.6. The molecule has 0 aliphatic heterocycles. The van der Waals surface area contributed by atoms with Crippen LogP contribution in [0.3, 0.4) is 0 Å². The highest BCUT2D eigenvalue weighted by Crippen LogP contribution is 2.37. The maximum absolute atomic E-state index is 11.0. The van der Waals surface area contributed by atoms with Crippen LogP contribution in [0, 0.1) is 13.8 Å². The lowest BCUT2D eigenvalue weighted by Crippen LogP contribution is -1.98. The van der Waals surface area contributed by atoms with Crippen LogP contribution in [0.4, 0.5) is 0 Å². The predicted octanol–water partition coefficient (Wildman–Crippen LogP) is 4.64. The maximum Gasteiger partial charge on any atom is 0.325 e. The molecule has 0 aromatic heterocycles. The third kappa shape index (κ3) is 5.33. The van der Waals surface area contributed by atoms with Crippen LogP contribution in [0.5, 0.6) is 17.2 Å². The SMILES string of the molecule is Cc1cc(CCP(=O)(O)O)cc(C)c1Oc1ccc(O)c(C(C)C)c1. The summed E-state index contributed by atoms with van der Waals surface area (Å²) in [5.74, 6) is 1.81. The van der Waals surface area contributed by atoms with Crippen LogP contribution in [-0.4, -0.2) is 21.1 Å². The second-order valence-electron chi connectivity index (χ2n) is 6.67. The van der Waals surface area contributed by atoms with Gasteiger partial charge in [-0.05, 0) is 61.1 Å². The quantitative estimate of drug-likeness (QED) is 0.650. The Hall–Kier alpha value is -1.81. The van der Waals surface area contributed by atoms with Gasteiger partial charge in [-0.1, -0.05) is 26.0 Å². The van der Waals surface area contributed by atoms with E-state index in [-0.39, 0.29) is 17.8 Å². The molecule has 25 heavy (non-hydrogen) atoms. The zero-order valence-electron chi connectivity index (χ0n) is 15.0. The molecule has 2 rings (SSSR count). The summed E-state index contributed by atoms with van der Waals surface area (Å²) < 4.78 is 17.1. The van der Waals surface area contributed by atoms with Gasteiger partial charge in [0.2, 0.25) is 0 Å². The van der Waals surface area contributed by atoms with Crippen molar-refractivity contribution in [2.45, 2.75) is 40.0 Å². The lowest BCUT2D eigenvalue weighted by atomic mass is 10.0. The van der Waals surface area contributed by atoms with Crippen LogP contribution in [0.15, 0.2) is 30.3 Å². The van der Waals surface area contributed by atoms with Crippen molar-refractivity contribution in [1.29, 1.82) is 0 Å². The van der Waals surface area contributed by atoms with Crippen molar-refractivity contribution in [2.75, 3.05) is 6.16 Å². The summed E-state index contributed by atoms with van der Waals surface area (Å²) >= 11 is 0. The Bertz CT molecular complexity index is 784. The summed E-state index contributed by atoms with van der Waals surface area (Å²) in [7, 11) is -4.00. The van der Waals surface area contributed by atoms with E-state index in [1.165, 1.54) is 0 Å². The minimum Gasteiger partial charge on any atom is -0.508 e. The van der Waals surface area contributed by atoms with E-state index in [1.54, 1.807) is 12.1 Å². The summed E-state index contributed by atoms with van der Waals surface area (Å²) in [6.07, 6.45) is 0.157. The smallest absolute Gasteiger partial charge is 0.325 e. The molecule has 0 aliphatic rings. The van der Waals surface area contributed by atoms with Gasteiger partial charge in [0.25, 0.3) is 0 Å². The predicted molar refractivity (Wildman–Crippen MR) is 98.8 cm³/mol. The van der Waals surface area contributed by atoms with Gasteiger partial charge in [-0.2, -0.15) is 0 Å². The summed E-state index contributed by atoms with van der Waals surface area (Å²) in [4.78, 5) is 18.1. The van der Waals surface area contributed by atoms with Gasteiger partial charge in [-0.3, -0.25) is 4.57 Å². The highest BCUT2D eigenvalue weighted by Gasteiger charge is 2.15. The Kier molecular flexibility index (Phi) is 5.94. The molecule has 2 aromatic rings. The number of hydrogen-bond donors (Lipinski definition) is 3. The first kappa shape index (κ1) is 19.5. The van der Waals surface area contributed by atoms with Crippen LogP contribution in [0.2, 0.25) is 0 Å². The molecule has 0 amide bonds. The van der Waals surface area contributed by atoms with E-state index in [4.69, 9.17) is 14.5 Å². The van der Waals surface area contributed by atoms with Crippen molar-refractivity contribution < 1.29 is 24.2 Å². The minimum atomic E-state index is -4.00. The second kappa shape index (κ2) is 7.61. The van der Waals surface area contributed by atoms with Crippen molar-refractivity contribution in [3.63, 3.8) is 0 Å². The maximum atomic E-state index is 11.0. The fourth-order valence-corrected chi connectivity index (χ4v) is 3.35. The molecule has 6 heteroatoms. The fraction of sp³-hybridized carbons (Fsp3) is 0.368. The van der Waals surface area contributed by atoms with Crippen molar-refractivity contribution in [1.82, 2.24) is 0 Å². The van der Waals surface area contributed by atoms with Gasteiger partial charge in [-0.15, -0.1) is 0 Å². The number of aryl methyl sites for hydroxylation is 3. The molecule has 136 valence electrons. The normalized spacial score (nSPS) is 11.8. The molecule has 0 fully saturated rings. The lowest BCUT2D eigenvalue weighted by Gasteiger charge is -2.16. The van der Waals surface area contributed by atoms with Crippen molar-refractivity contribution in [3.8, 4) is 17.2 Å². The van der Waals surface area contributed by atoms with Crippen LogP contribution < -0.4 is 4.74 Å². The van der Waals surface area contributed by atoms with Gasteiger partial charge < -0.3 is 19.6 Å². The van der Waals surface area contributed by atoms with E-state index in [2.05, 4.69) is 0 Å². The second-order valence-corrected chi connectivity index (χ2v) is 8.45. The fourth-order valence-electron chi connectivity index (χ4n) is 2.80. The highest BCUT2D eigenvalue weighted by molar-refractivity contribution is 7.51. The van der Waals surface area contributed by atoms with E-state index in [1.807, 2.05) is 45.9 Å². The summed E-state index contributed by atoms with van der Waals surface area (Å²) in [6.45, 7) is 7.83. The molecule has 0 heterocycles. The number of rotatable bonds is 6. The van der Waals surface area contributed by atoms with Gasteiger partial charge in [-0.25, -0.2) is 0 Å². The van der Waals surface area contributed by atoms with Crippen molar-refractivity contribution >= 4 is 7.60 Å². The van der Waals surface area contributed by atoms with Gasteiger partial charge in [0.05, 0.1) is 6.16 Å². The van der Waals surface area contributed by atoms with Crippen LogP contribution in [0.25, 0.3) is 0 Å². The molecule has 3 N–H and O–H groups in total. The number of aromatic hydroxyl groups is 1. The van der Waals surface area contributed by atoms with Gasteiger partial charge in [0, 0.05) is 5.56 Å². The third-order valence-corrected chi connectivity index (χ3v) is 4.86. The van der Waals surface area contributed by atoms with E-state index in [0.717, 1.165) is 28.0 Å². The van der Waals surface area contributed by atoms with Gasteiger partial charge in [0.15, 0.2) is 0 Å². The monoisotopic (exact) mass is 364 g/mol. The summed E-state index contributed by atoms with van der Waals surface area (Å²) in [5, 5.41) is 9.92. The van der Waals surface area contributed by atoms with E-state index in [0.29, 0.717) is 12.2 Å². The Morgan fingerprint density at radius 2 is 1.68 bits per heavy atom. The minimum absolute atomic E-state index is 0.165. The zero-order chi connectivity index (χ0) is 18.8. The zero-order valence-corrected chi connectivity index (χ0v) is 15.9. The van der Waals surface area contributed by atoms with E-state index in [9.17, 15) is 9.67 Å². The molecule has 5 nitrogen and oxygen atoms in total. The third-order valence-electron chi connectivity index (χ3n) is 4.05. The molecular formula is C19H25O5P. The van der Waals surface area contributed by atoms with Gasteiger partial charge >= 0.3 is 7.60 Å². The number of ether oxygens (including phenoxy) is 1. The molecule has 0 unspecified atom stereocenters. The molecule has 0 bridgehead atoms.